The third kappa shape index (κ3) is 4.28. The number of nitrogens with one attached hydrogen (secondary N) is 2. The summed E-state index contributed by atoms with van der Waals surface area (Å²) >= 11 is 5.40. The van der Waals surface area contributed by atoms with E-state index in [2.05, 4.69) is 10.6 Å². The Kier molecular flexibility index (Phi) is 6.08. The van der Waals surface area contributed by atoms with Gasteiger partial charge in [0, 0.05) is 0 Å². The van der Waals surface area contributed by atoms with Gasteiger partial charge in [-0.3, -0.25) is 0 Å². The van der Waals surface area contributed by atoms with Crippen molar-refractivity contribution >= 4 is 29.0 Å². The first-order chi connectivity index (χ1) is 13.1. The van der Waals surface area contributed by atoms with Gasteiger partial charge in [0.1, 0.15) is 5.75 Å². The second-order valence-electron chi connectivity index (χ2n) is 5.91. The summed E-state index contributed by atoms with van der Waals surface area (Å²) in [5.41, 5.74) is 2.94. The quantitative estimate of drug-likeness (QED) is 0.588. The number of ether oxygens (including phenoxy) is 2. The lowest BCUT2D eigenvalue weighted by atomic mass is 9.93. The van der Waals surface area contributed by atoms with Crippen LogP contribution < -0.4 is 15.4 Å². The summed E-state index contributed by atoms with van der Waals surface area (Å²) in [6.07, 6.45) is 0. The van der Waals surface area contributed by atoms with E-state index >= 15 is 0 Å². The van der Waals surface area contributed by atoms with Crippen molar-refractivity contribution < 1.29 is 14.3 Å². The van der Waals surface area contributed by atoms with Crippen LogP contribution in [0.2, 0.25) is 0 Å². The minimum Gasteiger partial charge on any atom is -0.494 e. The Balaban J connectivity index is 2.09. The molecule has 0 aliphatic carbocycles. The molecule has 2 aromatic carbocycles. The van der Waals surface area contributed by atoms with Gasteiger partial charge in [0.2, 0.25) is 0 Å². The maximum atomic E-state index is 12.8. The van der Waals surface area contributed by atoms with Crippen molar-refractivity contribution in [3.63, 3.8) is 0 Å². The van der Waals surface area contributed by atoms with Crippen LogP contribution >= 0.6 is 12.2 Å². The predicted octanol–water partition coefficient (Wildman–Crippen LogP) is 3.58. The Labute approximate surface area is 164 Å². The SMILES string of the molecule is CCOC(=O)C1=C(c2ccccc2)NC(=S)N[C@@H]1c1ccc(OCC)cc1. The maximum Gasteiger partial charge on any atom is 0.338 e. The lowest BCUT2D eigenvalue weighted by molar-refractivity contribution is -0.138. The molecular weight excluding hydrogens is 360 g/mol. The first-order valence-electron chi connectivity index (χ1n) is 8.91. The maximum absolute atomic E-state index is 12.8. The summed E-state index contributed by atoms with van der Waals surface area (Å²) in [5, 5.41) is 6.78. The number of esters is 1. The second-order valence-corrected chi connectivity index (χ2v) is 6.32. The van der Waals surface area contributed by atoms with Crippen LogP contribution in [-0.4, -0.2) is 24.3 Å². The van der Waals surface area contributed by atoms with Gasteiger partial charge < -0.3 is 20.1 Å². The number of thiocarbonyl (C=S) groups is 1. The molecule has 0 fully saturated rings. The summed E-state index contributed by atoms with van der Waals surface area (Å²) in [7, 11) is 0. The van der Waals surface area contributed by atoms with Gasteiger partial charge in [-0.2, -0.15) is 0 Å². The third-order valence-electron chi connectivity index (χ3n) is 4.15. The highest BCUT2D eigenvalue weighted by Crippen LogP contribution is 2.32. The number of carbonyl (C=O) groups is 1. The van der Waals surface area contributed by atoms with Gasteiger partial charge in [0.05, 0.1) is 30.5 Å². The van der Waals surface area contributed by atoms with E-state index in [1.54, 1.807) is 6.92 Å². The summed E-state index contributed by atoms with van der Waals surface area (Å²) in [5.74, 6) is 0.403. The lowest BCUT2D eigenvalue weighted by Crippen LogP contribution is -2.45. The molecule has 0 aromatic heterocycles. The molecule has 140 valence electrons. The largest absolute Gasteiger partial charge is 0.494 e. The van der Waals surface area contributed by atoms with Crippen molar-refractivity contribution in [1.29, 1.82) is 0 Å². The van der Waals surface area contributed by atoms with E-state index in [9.17, 15) is 4.79 Å². The molecule has 0 spiro atoms. The third-order valence-corrected chi connectivity index (χ3v) is 4.37. The molecule has 5 nitrogen and oxygen atoms in total. The van der Waals surface area contributed by atoms with Crippen molar-refractivity contribution in [2.24, 2.45) is 0 Å². The van der Waals surface area contributed by atoms with Gasteiger partial charge in [0.15, 0.2) is 5.11 Å². The van der Waals surface area contributed by atoms with Gasteiger partial charge in [0.25, 0.3) is 0 Å². The van der Waals surface area contributed by atoms with E-state index in [0.29, 0.717) is 29.6 Å². The minimum atomic E-state index is -0.413. The highest BCUT2D eigenvalue weighted by atomic mass is 32.1. The fourth-order valence-electron chi connectivity index (χ4n) is 3.00. The Morgan fingerprint density at radius 3 is 2.37 bits per heavy atom. The smallest absolute Gasteiger partial charge is 0.338 e. The van der Waals surface area contributed by atoms with E-state index in [4.69, 9.17) is 21.7 Å². The van der Waals surface area contributed by atoms with Gasteiger partial charge in [-0.05, 0) is 49.3 Å². The first-order valence-corrected chi connectivity index (χ1v) is 9.31. The average molecular weight is 382 g/mol. The van der Waals surface area contributed by atoms with Gasteiger partial charge in [-0.1, -0.05) is 42.5 Å². The Hall–Kier alpha value is -2.86. The standard InChI is InChI=1S/C21H22N2O3S/c1-3-25-16-12-10-15(11-13-16)19-17(20(24)26-4-2)18(22-21(27)23-19)14-8-6-5-7-9-14/h5-13,19H,3-4H2,1-2H3,(H2,22,23,27)/t19-/m1/s1. The first kappa shape index (κ1) is 18.9. The summed E-state index contributed by atoms with van der Waals surface area (Å²) < 4.78 is 10.8. The van der Waals surface area contributed by atoms with Crippen molar-refractivity contribution in [2.45, 2.75) is 19.9 Å². The fraction of sp³-hybridized carbons (Fsp3) is 0.238. The highest BCUT2D eigenvalue weighted by molar-refractivity contribution is 7.80. The van der Waals surface area contributed by atoms with Crippen LogP contribution in [0.5, 0.6) is 5.75 Å². The number of rotatable bonds is 6. The minimum absolute atomic E-state index is 0.296. The average Bonchev–Trinajstić information content (AvgIpc) is 2.69. The molecule has 27 heavy (non-hydrogen) atoms. The molecule has 3 rings (SSSR count). The number of carbonyl (C=O) groups excluding carboxylic acids is 1. The van der Waals surface area contributed by atoms with Gasteiger partial charge in [-0.15, -0.1) is 0 Å². The summed E-state index contributed by atoms with van der Waals surface area (Å²) in [4.78, 5) is 12.8. The van der Waals surface area contributed by atoms with Crippen LogP contribution in [-0.2, 0) is 9.53 Å². The topological polar surface area (TPSA) is 59.6 Å². The molecular formula is C21H22N2O3S. The van der Waals surface area contributed by atoms with E-state index in [-0.39, 0.29) is 5.97 Å². The number of hydrogen-bond donors (Lipinski definition) is 2. The molecule has 0 bridgehead atoms. The molecule has 6 heteroatoms. The van der Waals surface area contributed by atoms with E-state index < -0.39 is 6.04 Å². The van der Waals surface area contributed by atoms with Gasteiger partial charge in [-0.25, -0.2) is 4.79 Å². The zero-order chi connectivity index (χ0) is 19.2. The molecule has 0 amide bonds. The van der Waals surface area contributed by atoms with E-state index in [1.807, 2.05) is 61.5 Å². The molecule has 0 radical (unpaired) electrons. The Morgan fingerprint density at radius 2 is 1.74 bits per heavy atom. The zero-order valence-corrected chi connectivity index (χ0v) is 16.1. The van der Waals surface area contributed by atoms with E-state index in [1.165, 1.54) is 0 Å². The predicted molar refractivity (Wildman–Crippen MR) is 109 cm³/mol. The van der Waals surface area contributed by atoms with Crippen molar-refractivity contribution in [1.82, 2.24) is 10.6 Å². The molecule has 0 saturated carbocycles. The molecule has 2 aromatic rings. The summed E-state index contributed by atoms with van der Waals surface area (Å²) in [6, 6.07) is 16.9. The van der Waals surface area contributed by atoms with Crippen molar-refractivity contribution in [2.75, 3.05) is 13.2 Å². The number of hydrogen-bond acceptors (Lipinski definition) is 4. The molecule has 1 atom stereocenters. The van der Waals surface area contributed by atoms with Crippen LogP contribution in [0.15, 0.2) is 60.2 Å². The number of benzene rings is 2. The molecule has 1 aliphatic heterocycles. The molecule has 1 heterocycles. The molecule has 2 N–H and O–H groups in total. The van der Waals surface area contributed by atoms with Crippen LogP contribution in [0, 0.1) is 0 Å². The molecule has 0 saturated heterocycles. The molecule has 0 unspecified atom stereocenters. The second kappa shape index (κ2) is 8.68. The zero-order valence-electron chi connectivity index (χ0n) is 15.3. The van der Waals surface area contributed by atoms with Crippen LogP contribution in [0.25, 0.3) is 5.70 Å². The van der Waals surface area contributed by atoms with Crippen LogP contribution in [0.4, 0.5) is 0 Å². The normalized spacial score (nSPS) is 16.4. The molecule has 1 aliphatic rings. The van der Waals surface area contributed by atoms with Crippen LogP contribution in [0.3, 0.4) is 0 Å². The highest BCUT2D eigenvalue weighted by Gasteiger charge is 2.33. The Bertz CT molecular complexity index is 847. The van der Waals surface area contributed by atoms with Crippen LogP contribution in [0.1, 0.15) is 31.0 Å². The lowest BCUT2D eigenvalue weighted by Gasteiger charge is -2.31. The van der Waals surface area contributed by atoms with Crippen molar-refractivity contribution in [3.05, 3.63) is 71.3 Å². The van der Waals surface area contributed by atoms with Gasteiger partial charge >= 0.3 is 5.97 Å². The summed E-state index contributed by atoms with van der Waals surface area (Å²) in [6.45, 7) is 4.63. The Morgan fingerprint density at radius 1 is 1.04 bits per heavy atom. The van der Waals surface area contributed by atoms with E-state index in [0.717, 1.165) is 16.9 Å². The monoisotopic (exact) mass is 382 g/mol. The van der Waals surface area contributed by atoms with Crippen molar-refractivity contribution in [3.8, 4) is 5.75 Å². The fourth-order valence-corrected chi connectivity index (χ4v) is 3.22.